The lowest BCUT2D eigenvalue weighted by molar-refractivity contribution is 0.0950. The van der Waals surface area contributed by atoms with Crippen molar-refractivity contribution in [1.29, 1.82) is 0 Å². The molecular formula is C14H13BrFN3O2. The lowest BCUT2D eigenvalue weighted by Crippen LogP contribution is -2.19. The summed E-state index contributed by atoms with van der Waals surface area (Å²) < 4.78 is 19.2. The van der Waals surface area contributed by atoms with Gasteiger partial charge in [0.2, 0.25) is 0 Å². The second-order valence-electron chi connectivity index (χ2n) is 4.22. The standard InChI is InChI=1S/C14H13BrFN3O2/c1-8(9-3-4-13(21-2)11(16)5-9)18-19-14(20)12-6-10(15)7-17-12/h3-7,17H,1-2H3,(H,19,20)/b18-8-. The molecule has 1 heterocycles. The van der Waals surface area contributed by atoms with Crippen molar-refractivity contribution >= 4 is 27.5 Å². The smallest absolute Gasteiger partial charge is 0.287 e. The van der Waals surface area contributed by atoms with Crippen LogP contribution in [0.2, 0.25) is 0 Å². The van der Waals surface area contributed by atoms with Crippen molar-refractivity contribution in [2.45, 2.75) is 6.92 Å². The minimum atomic E-state index is -0.482. The highest BCUT2D eigenvalue weighted by molar-refractivity contribution is 9.10. The number of nitrogens with one attached hydrogen (secondary N) is 2. The quantitative estimate of drug-likeness (QED) is 0.655. The van der Waals surface area contributed by atoms with Crippen LogP contribution in [0.5, 0.6) is 5.75 Å². The van der Waals surface area contributed by atoms with E-state index in [1.807, 2.05) is 0 Å². The number of hydrogen-bond acceptors (Lipinski definition) is 3. The number of methoxy groups -OCH3 is 1. The number of aromatic nitrogens is 1. The Balaban J connectivity index is 2.10. The molecule has 0 aliphatic rings. The van der Waals surface area contributed by atoms with Gasteiger partial charge in [0.05, 0.1) is 12.8 Å². The zero-order valence-corrected chi connectivity index (χ0v) is 13.0. The van der Waals surface area contributed by atoms with E-state index in [1.54, 1.807) is 25.3 Å². The van der Waals surface area contributed by atoms with E-state index < -0.39 is 5.82 Å². The van der Waals surface area contributed by atoms with Crippen molar-refractivity contribution < 1.29 is 13.9 Å². The minimum absolute atomic E-state index is 0.159. The molecule has 0 aliphatic heterocycles. The Hall–Kier alpha value is -2.15. The van der Waals surface area contributed by atoms with E-state index in [2.05, 4.69) is 31.4 Å². The molecule has 0 radical (unpaired) electrons. The number of ether oxygens (including phenoxy) is 1. The average molecular weight is 354 g/mol. The first-order valence-corrected chi connectivity index (χ1v) is 6.83. The summed E-state index contributed by atoms with van der Waals surface area (Å²) >= 11 is 3.24. The molecule has 110 valence electrons. The van der Waals surface area contributed by atoms with Gasteiger partial charge in [-0.25, -0.2) is 9.82 Å². The summed E-state index contributed by atoms with van der Waals surface area (Å²) in [7, 11) is 1.40. The van der Waals surface area contributed by atoms with Gasteiger partial charge in [0, 0.05) is 16.2 Å². The van der Waals surface area contributed by atoms with Gasteiger partial charge in [0.1, 0.15) is 5.69 Å². The van der Waals surface area contributed by atoms with Crippen LogP contribution in [0.1, 0.15) is 23.0 Å². The maximum absolute atomic E-state index is 13.6. The molecule has 0 unspecified atom stereocenters. The molecule has 0 saturated carbocycles. The normalized spacial score (nSPS) is 11.3. The molecule has 1 aromatic heterocycles. The fourth-order valence-corrected chi connectivity index (χ4v) is 1.99. The molecule has 1 aromatic carbocycles. The Morgan fingerprint density at radius 1 is 1.43 bits per heavy atom. The van der Waals surface area contributed by atoms with Crippen LogP contribution in [0.15, 0.2) is 40.0 Å². The van der Waals surface area contributed by atoms with E-state index in [9.17, 15) is 9.18 Å². The van der Waals surface area contributed by atoms with E-state index in [0.29, 0.717) is 17.0 Å². The summed E-state index contributed by atoms with van der Waals surface area (Å²) in [6.07, 6.45) is 1.64. The molecule has 7 heteroatoms. The number of hydrogen-bond donors (Lipinski definition) is 2. The van der Waals surface area contributed by atoms with Crippen LogP contribution in [-0.4, -0.2) is 23.7 Å². The lowest BCUT2D eigenvalue weighted by Gasteiger charge is -2.05. The second kappa shape index (κ2) is 6.53. The van der Waals surface area contributed by atoms with Crippen molar-refractivity contribution in [3.8, 4) is 5.75 Å². The zero-order chi connectivity index (χ0) is 15.4. The number of H-pyrrole nitrogens is 1. The predicted molar refractivity (Wildman–Crippen MR) is 81.1 cm³/mol. The van der Waals surface area contributed by atoms with Crippen molar-refractivity contribution in [1.82, 2.24) is 10.4 Å². The van der Waals surface area contributed by atoms with Gasteiger partial charge in [-0.1, -0.05) is 0 Å². The molecule has 2 aromatic rings. The summed E-state index contributed by atoms with van der Waals surface area (Å²) in [6.45, 7) is 1.67. The highest BCUT2D eigenvalue weighted by Crippen LogP contribution is 2.18. The first-order valence-electron chi connectivity index (χ1n) is 6.03. The molecule has 1 amide bonds. The van der Waals surface area contributed by atoms with E-state index >= 15 is 0 Å². The maximum Gasteiger partial charge on any atom is 0.287 e. The topological polar surface area (TPSA) is 66.5 Å². The average Bonchev–Trinajstić information content (AvgIpc) is 2.91. The number of nitrogens with zero attached hydrogens (tertiary/aromatic N) is 1. The molecule has 5 nitrogen and oxygen atoms in total. The molecule has 2 rings (SSSR count). The molecule has 2 N–H and O–H groups in total. The predicted octanol–water partition coefficient (Wildman–Crippen LogP) is 3.08. The van der Waals surface area contributed by atoms with Crippen LogP contribution in [0.25, 0.3) is 0 Å². The number of hydrazone groups is 1. The van der Waals surface area contributed by atoms with Crippen molar-refractivity contribution in [3.63, 3.8) is 0 Å². The molecule has 21 heavy (non-hydrogen) atoms. The van der Waals surface area contributed by atoms with Gasteiger partial charge >= 0.3 is 0 Å². The first kappa shape index (κ1) is 15.2. The molecule has 0 spiro atoms. The van der Waals surface area contributed by atoms with E-state index in [1.165, 1.54) is 19.2 Å². The van der Waals surface area contributed by atoms with Crippen LogP contribution < -0.4 is 10.2 Å². The summed E-state index contributed by atoms with van der Waals surface area (Å²) in [6, 6.07) is 6.11. The fraction of sp³-hybridized carbons (Fsp3) is 0.143. The Morgan fingerprint density at radius 3 is 2.76 bits per heavy atom. The highest BCUT2D eigenvalue weighted by Gasteiger charge is 2.08. The van der Waals surface area contributed by atoms with E-state index in [4.69, 9.17) is 4.74 Å². The van der Waals surface area contributed by atoms with Gasteiger partial charge in [-0.3, -0.25) is 4.79 Å². The summed E-state index contributed by atoms with van der Waals surface area (Å²) in [4.78, 5) is 14.6. The Morgan fingerprint density at radius 2 is 2.19 bits per heavy atom. The van der Waals surface area contributed by atoms with E-state index in [-0.39, 0.29) is 11.7 Å². The first-order chi connectivity index (χ1) is 10.0. The molecule has 0 bridgehead atoms. The third-order valence-corrected chi connectivity index (χ3v) is 3.24. The number of rotatable bonds is 4. The number of benzene rings is 1. The van der Waals surface area contributed by atoms with Gasteiger partial charge in [0.15, 0.2) is 11.6 Å². The minimum Gasteiger partial charge on any atom is -0.494 e. The van der Waals surface area contributed by atoms with Crippen LogP contribution in [0.3, 0.4) is 0 Å². The zero-order valence-electron chi connectivity index (χ0n) is 11.4. The maximum atomic E-state index is 13.6. The van der Waals surface area contributed by atoms with Gasteiger partial charge in [-0.05, 0) is 47.1 Å². The Labute approximate surface area is 129 Å². The summed E-state index contributed by atoms with van der Waals surface area (Å²) in [5.41, 5.74) is 3.81. The van der Waals surface area contributed by atoms with Gasteiger partial charge in [0.25, 0.3) is 5.91 Å². The van der Waals surface area contributed by atoms with E-state index in [0.717, 1.165) is 4.47 Å². The monoisotopic (exact) mass is 353 g/mol. The van der Waals surface area contributed by atoms with Crippen molar-refractivity contribution in [2.75, 3.05) is 7.11 Å². The third-order valence-electron chi connectivity index (χ3n) is 2.79. The van der Waals surface area contributed by atoms with Crippen molar-refractivity contribution in [3.05, 3.63) is 52.0 Å². The van der Waals surface area contributed by atoms with Crippen LogP contribution >= 0.6 is 15.9 Å². The lowest BCUT2D eigenvalue weighted by atomic mass is 10.1. The molecule has 0 aliphatic carbocycles. The Bertz CT molecular complexity index is 697. The number of carbonyl (C=O) groups excluding carboxylic acids is 1. The van der Waals surface area contributed by atoms with Crippen LogP contribution in [-0.2, 0) is 0 Å². The molecule has 0 atom stereocenters. The summed E-state index contributed by atoms with van der Waals surface area (Å²) in [5, 5.41) is 3.95. The molecule has 0 fully saturated rings. The molecule has 0 saturated heterocycles. The number of aromatic amines is 1. The Kier molecular flexibility index (Phi) is 4.74. The number of carbonyl (C=O) groups is 1. The third kappa shape index (κ3) is 3.69. The van der Waals surface area contributed by atoms with Gasteiger partial charge < -0.3 is 9.72 Å². The molecular weight excluding hydrogens is 341 g/mol. The summed E-state index contributed by atoms with van der Waals surface area (Å²) in [5.74, 6) is -0.704. The highest BCUT2D eigenvalue weighted by atomic mass is 79.9. The van der Waals surface area contributed by atoms with Crippen LogP contribution in [0, 0.1) is 5.82 Å². The largest absolute Gasteiger partial charge is 0.494 e. The number of halogens is 2. The fourth-order valence-electron chi connectivity index (χ4n) is 1.65. The number of amides is 1. The van der Waals surface area contributed by atoms with Gasteiger partial charge in [-0.2, -0.15) is 5.10 Å². The SMILES string of the molecule is COc1ccc(/C(C)=N\NC(=O)c2cc(Br)c[nH]2)cc1F. The van der Waals surface area contributed by atoms with Crippen LogP contribution in [0.4, 0.5) is 4.39 Å². The second-order valence-corrected chi connectivity index (χ2v) is 5.13. The van der Waals surface area contributed by atoms with Gasteiger partial charge in [-0.15, -0.1) is 0 Å². The van der Waals surface area contributed by atoms with Crippen molar-refractivity contribution in [2.24, 2.45) is 5.10 Å².